The Morgan fingerprint density at radius 2 is 1.29 bits per heavy atom. The fourth-order valence-electron chi connectivity index (χ4n) is 10.5. The van der Waals surface area contributed by atoms with E-state index in [-0.39, 0.29) is 47.8 Å². The lowest BCUT2D eigenvalue weighted by Gasteiger charge is -2.34. The molecule has 4 aliphatic rings. The van der Waals surface area contributed by atoms with Crippen molar-refractivity contribution < 1.29 is 23.9 Å². The molecule has 2 aromatic heterocycles. The fraction of sp³-hybridized carbons (Fsp3) is 0.510. The van der Waals surface area contributed by atoms with Gasteiger partial charge in [-0.05, 0) is 123 Å². The smallest absolute Gasteiger partial charge is 0.407 e. The molecule has 0 bridgehead atoms. The Bertz CT molecular complexity index is 2490. The number of carbonyl (C=O) groups excluding carboxylic acids is 4. The number of aromatic amines is 2. The molecule has 4 saturated heterocycles. The maximum Gasteiger partial charge on any atom is 0.407 e. The summed E-state index contributed by atoms with van der Waals surface area (Å²) in [6.07, 6.45) is 7.78. The van der Waals surface area contributed by atoms with Crippen molar-refractivity contribution in [1.82, 2.24) is 35.1 Å². The topological polar surface area (TPSA) is 160 Å². The number of carbonyl (C=O) groups is 4. The first-order chi connectivity index (χ1) is 30.5. The second kappa shape index (κ2) is 17.7. The van der Waals surface area contributed by atoms with Crippen LogP contribution in [0.5, 0.6) is 0 Å². The van der Waals surface area contributed by atoms with E-state index in [1.54, 1.807) is 0 Å². The average Bonchev–Trinajstić information content (AvgIpc) is 4.13. The van der Waals surface area contributed by atoms with E-state index in [0.717, 1.165) is 115 Å². The predicted molar refractivity (Wildman–Crippen MR) is 243 cm³/mol. The van der Waals surface area contributed by atoms with Gasteiger partial charge in [0.15, 0.2) is 0 Å². The lowest BCUT2D eigenvalue weighted by molar-refractivity contribution is -0.135. The zero-order chi connectivity index (χ0) is 43.9. The van der Waals surface area contributed by atoms with Gasteiger partial charge in [0.25, 0.3) is 0 Å². The first-order valence-electron chi connectivity index (χ1n) is 23.1. The summed E-state index contributed by atoms with van der Waals surface area (Å²) in [5.41, 5.74) is 7.98. The van der Waals surface area contributed by atoms with Gasteiger partial charge >= 0.3 is 6.09 Å². The Hall–Kier alpha value is -5.92. The molecule has 0 saturated carbocycles. The monoisotopic (exact) mass is 855 g/mol. The van der Waals surface area contributed by atoms with Gasteiger partial charge in [-0.25, -0.2) is 14.8 Å². The zero-order valence-electron chi connectivity index (χ0n) is 37.2. The number of nitrogens with zero attached hydrogens (tertiary/aromatic N) is 6. The van der Waals surface area contributed by atoms with E-state index < -0.39 is 12.1 Å². The van der Waals surface area contributed by atoms with Crippen LogP contribution in [-0.4, -0.2) is 86.3 Å². The molecule has 14 nitrogen and oxygen atoms in total. The van der Waals surface area contributed by atoms with Gasteiger partial charge < -0.3 is 39.6 Å². The van der Waals surface area contributed by atoms with Crippen molar-refractivity contribution in [2.75, 3.05) is 36.5 Å². The van der Waals surface area contributed by atoms with Crippen molar-refractivity contribution in [3.63, 3.8) is 0 Å². The minimum Gasteiger partial charge on any atom is -0.453 e. The number of imidazole rings is 2. The van der Waals surface area contributed by atoms with Crippen LogP contribution in [0.15, 0.2) is 60.7 Å². The third-order valence-electron chi connectivity index (χ3n) is 13.7. The molecule has 4 fully saturated rings. The number of anilines is 2. The number of piperidine rings is 1. The number of hydrogen-bond acceptors (Lipinski definition) is 8. The molecule has 332 valence electrons. The molecule has 4 amide bonds. The number of aromatic nitrogens is 4. The van der Waals surface area contributed by atoms with E-state index in [9.17, 15) is 19.2 Å². The molecule has 9 rings (SSSR count). The molecule has 3 N–H and O–H groups in total. The highest BCUT2D eigenvalue weighted by molar-refractivity contribution is 5.94. The number of nitrogens with one attached hydrogen (secondary N) is 3. The van der Waals surface area contributed by atoms with Crippen molar-refractivity contribution >= 4 is 57.3 Å². The third-order valence-corrected chi connectivity index (χ3v) is 13.7. The Morgan fingerprint density at radius 3 is 1.84 bits per heavy atom. The van der Waals surface area contributed by atoms with E-state index in [1.807, 2.05) is 28.5 Å². The third kappa shape index (κ3) is 8.36. The molecule has 0 radical (unpaired) electrons. The highest BCUT2D eigenvalue weighted by Gasteiger charge is 2.39. The van der Waals surface area contributed by atoms with Crippen molar-refractivity contribution in [2.24, 2.45) is 11.8 Å². The number of likely N-dealkylation sites (tertiary alicyclic amines) is 2. The maximum atomic E-state index is 13.9. The molecule has 3 aromatic carbocycles. The Morgan fingerprint density at radius 1 is 0.714 bits per heavy atom. The van der Waals surface area contributed by atoms with Crippen LogP contribution in [0, 0.1) is 11.8 Å². The molecule has 5 aromatic rings. The van der Waals surface area contributed by atoms with E-state index in [0.29, 0.717) is 25.3 Å². The van der Waals surface area contributed by atoms with Gasteiger partial charge in [-0.15, -0.1) is 0 Å². The summed E-state index contributed by atoms with van der Waals surface area (Å²) in [4.78, 5) is 77.7. The quantitative estimate of drug-likeness (QED) is 0.119. The summed E-state index contributed by atoms with van der Waals surface area (Å²) in [5, 5.41) is 2.74. The molecule has 0 unspecified atom stereocenters. The van der Waals surface area contributed by atoms with E-state index in [2.05, 4.69) is 94.7 Å². The van der Waals surface area contributed by atoms with Gasteiger partial charge in [0.2, 0.25) is 17.7 Å². The number of rotatable bonds is 11. The molecule has 63 heavy (non-hydrogen) atoms. The largest absolute Gasteiger partial charge is 0.453 e. The first kappa shape index (κ1) is 42.4. The minimum absolute atomic E-state index is 0.0413. The maximum absolute atomic E-state index is 13.9. The molecular weight excluding hydrogens is 795 g/mol. The van der Waals surface area contributed by atoms with Crippen LogP contribution in [0.2, 0.25) is 0 Å². The summed E-state index contributed by atoms with van der Waals surface area (Å²) in [7, 11) is 1.30. The van der Waals surface area contributed by atoms with Crippen LogP contribution in [0.25, 0.3) is 22.1 Å². The number of ether oxygens (including phenoxy) is 1. The summed E-state index contributed by atoms with van der Waals surface area (Å²) in [6.45, 7) is 10.1. The zero-order valence-corrected chi connectivity index (χ0v) is 37.2. The Labute approximate surface area is 369 Å². The summed E-state index contributed by atoms with van der Waals surface area (Å²) in [6, 6.07) is 20.6. The molecule has 14 heteroatoms. The van der Waals surface area contributed by atoms with Gasteiger partial charge in [0, 0.05) is 43.9 Å². The average molecular weight is 856 g/mol. The van der Waals surface area contributed by atoms with Crippen molar-refractivity contribution in [3.05, 3.63) is 83.4 Å². The minimum atomic E-state index is -0.705. The second-order valence-electron chi connectivity index (χ2n) is 18.7. The number of fused-ring (bicyclic) bond motifs is 2. The first-order valence-corrected chi connectivity index (χ1v) is 23.1. The van der Waals surface area contributed by atoms with Gasteiger partial charge in [-0.2, -0.15) is 0 Å². The van der Waals surface area contributed by atoms with Crippen molar-refractivity contribution in [1.29, 1.82) is 0 Å². The van der Waals surface area contributed by atoms with Crippen molar-refractivity contribution in [3.8, 4) is 0 Å². The van der Waals surface area contributed by atoms with E-state index in [4.69, 9.17) is 14.7 Å². The summed E-state index contributed by atoms with van der Waals surface area (Å²) >= 11 is 0. The number of amides is 4. The molecular formula is C49H61N9O5. The highest BCUT2D eigenvalue weighted by atomic mass is 16.5. The predicted octanol–water partition coefficient (Wildman–Crippen LogP) is 8.79. The lowest BCUT2D eigenvalue weighted by Crippen LogP contribution is -2.51. The molecule has 6 heterocycles. The number of methoxy groups -OCH3 is 1. The molecule has 0 aliphatic carbocycles. The van der Waals surface area contributed by atoms with Crippen LogP contribution in [0.1, 0.15) is 139 Å². The lowest BCUT2D eigenvalue weighted by atomic mass is 10.0. The molecule has 5 atom stereocenters. The number of alkyl carbamates (subject to hydrolysis) is 1. The second-order valence-corrected chi connectivity index (χ2v) is 18.7. The van der Waals surface area contributed by atoms with Crippen LogP contribution in [-0.2, 0) is 19.1 Å². The Balaban J connectivity index is 1.02. The summed E-state index contributed by atoms with van der Waals surface area (Å²) in [5.74, 6) is 2.03. The number of H-pyrrole nitrogens is 2. The fourth-order valence-corrected chi connectivity index (χ4v) is 10.5. The number of benzene rings is 3. The standard InChI is InChI=1S/C49H61N9O5/c1-29(2)26-44(60)56-24-8-10-41(56)46-50-35-19-13-31(27-37(35)52-46)39-21-22-40(58(39)34-17-15-33(16-18-34)55-23-7-6-12-43(55)59)32-14-20-36-38(28-32)53-47(51-36)42-11-9-25-57(42)48(61)45(30(3)4)54-49(62)63-5/h13-20,27-30,39-42,45H,6-12,21-26H2,1-5H3,(H,50,52)(H,51,53)(H,54,62)/t39-,40-,41+,42+,45+/m1/s1. The van der Waals surface area contributed by atoms with Crippen LogP contribution in [0.3, 0.4) is 0 Å². The van der Waals surface area contributed by atoms with Gasteiger partial charge in [0.05, 0.1) is 53.3 Å². The van der Waals surface area contributed by atoms with Gasteiger partial charge in [-0.3, -0.25) is 14.4 Å². The molecule has 0 spiro atoms. The van der Waals surface area contributed by atoms with Gasteiger partial charge in [0.1, 0.15) is 17.7 Å². The van der Waals surface area contributed by atoms with E-state index in [1.165, 1.54) is 12.7 Å². The SMILES string of the molecule is COC(=O)N[C@H](C(=O)N1CCC[C@H]1c1nc2ccc([C@H]3CC[C@H](c4ccc5nc([C@@H]6CCCN6C(=O)CC(C)C)[nH]c5c4)N3c3ccc(N4CCCCC4=O)cc3)cc2[nH]1)C(C)C. The van der Waals surface area contributed by atoms with Crippen molar-refractivity contribution in [2.45, 2.75) is 122 Å². The normalized spacial score (nSPS) is 22.3. The van der Waals surface area contributed by atoms with Crippen LogP contribution < -0.4 is 15.1 Å². The van der Waals surface area contributed by atoms with E-state index >= 15 is 0 Å². The van der Waals surface area contributed by atoms with Crippen LogP contribution in [0.4, 0.5) is 16.2 Å². The van der Waals surface area contributed by atoms with Gasteiger partial charge in [-0.1, -0.05) is 39.8 Å². The Kier molecular flexibility index (Phi) is 11.9. The number of hydrogen-bond donors (Lipinski definition) is 3. The highest BCUT2D eigenvalue weighted by Crippen LogP contribution is 2.48. The molecule has 4 aliphatic heterocycles. The summed E-state index contributed by atoms with van der Waals surface area (Å²) < 4.78 is 4.83. The van der Waals surface area contributed by atoms with Crippen LogP contribution >= 0.6 is 0 Å².